The molecule has 0 spiro atoms. The number of benzene rings is 2. The van der Waals surface area contributed by atoms with Gasteiger partial charge in [-0.1, -0.05) is 36.4 Å². The third-order valence-corrected chi connectivity index (χ3v) is 4.05. The van der Waals surface area contributed by atoms with Crippen LogP contribution in [0.3, 0.4) is 0 Å². The molecule has 0 saturated heterocycles. The Kier molecular flexibility index (Phi) is 6.11. The molecule has 0 aliphatic heterocycles. The van der Waals surface area contributed by atoms with Crippen molar-refractivity contribution < 1.29 is 13.2 Å². The quantitative estimate of drug-likeness (QED) is 0.793. The number of nitrogens with zero attached hydrogens (tertiary/aromatic N) is 1. The van der Waals surface area contributed by atoms with Crippen molar-refractivity contribution in [2.24, 2.45) is 5.73 Å². The first kappa shape index (κ1) is 19.3. The number of alkyl halides is 3. The lowest BCUT2D eigenvalue weighted by Crippen LogP contribution is -2.32. The zero-order chi connectivity index (χ0) is 18.6. The Morgan fingerprint density at radius 2 is 1.60 bits per heavy atom. The van der Waals surface area contributed by atoms with Crippen molar-refractivity contribution in [3.63, 3.8) is 0 Å². The number of anilines is 1. The number of rotatable bonds is 6. The van der Waals surface area contributed by atoms with Crippen molar-refractivity contribution in [1.82, 2.24) is 0 Å². The summed E-state index contributed by atoms with van der Waals surface area (Å²) in [6.45, 7) is 6.02. The van der Waals surface area contributed by atoms with E-state index in [9.17, 15) is 13.2 Å². The summed E-state index contributed by atoms with van der Waals surface area (Å²) in [5.41, 5.74) is 6.93. The molecule has 136 valence electrons. The second kappa shape index (κ2) is 7.91. The highest BCUT2D eigenvalue weighted by Crippen LogP contribution is 2.38. The summed E-state index contributed by atoms with van der Waals surface area (Å²) >= 11 is 0. The summed E-state index contributed by atoms with van der Waals surface area (Å²) in [6.07, 6.45) is -3.99. The van der Waals surface area contributed by atoms with E-state index in [4.69, 9.17) is 5.73 Å². The van der Waals surface area contributed by atoms with Crippen molar-refractivity contribution in [1.29, 1.82) is 0 Å². The Bertz CT molecular complexity index is 679. The summed E-state index contributed by atoms with van der Waals surface area (Å²) in [7, 11) is 0. The molecule has 0 radical (unpaired) electrons. The molecule has 2 nitrogen and oxygen atoms in total. The van der Waals surface area contributed by atoms with E-state index in [1.54, 1.807) is 24.0 Å². The molecule has 0 aliphatic carbocycles. The van der Waals surface area contributed by atoms with Gasteiger partial charge in [0.2, 0.25) is 0 Å². The van der Waals surface area contributed by atoms with Crippen LogP contribution in [0.25, 0.3) is 0 Å². The molecule has 0 saturated carbocycles. The molecule has 25 heavy (non-hydrogen) atoms. The Labute approximate surface area is 147 Å². The molecule has 0 heterocycles. The van der Waals surface area contributed by atoms with Gasteiger partial charge in [-0.2, -0.15) is 13.2 Å². The Hall–Kier alpha value is -2.01. The van der Waals surface area contributed by atoms with E-state index in [0.29, 0.717) is 18.5 Å². The molecular weight excluding hydrogens is 325 g/mol. The number of hydrogen-bond acceptors (Lipinski definition) is 2. The molecule has 2 rings (SSSR count). The van der Waals surface area contributed by atoms with Gasteiger partial charge in [-0.25, -0.2) is 0 Å². The lowest BCUT2D eigenvalue weighted by Gasteiger charge is -2.32. The average molecular weight is 350 g/mol. The SMILES string of the molecule is CC(N)Cc1ccc(N(Cc2ccccc2)C(C)C)c(C(F)(F)F)c1. The minimum atomic E-state index is -4.41. The fourth-order valence-corrected chi connectivity index (χ4v) is 2.89. The molecule has 2 N–H and O–H groups in total. The Morgan fingerprint density at radius 3 is 2.12 bits per heavy atom. The molecule has 0 aliphatic rings. The molecule has 0 bridgehead atoms. The standard InChI is InChI=1S/C20H25F3N2/c1-14(2)25(13-16-7-5-4-6-8-16)19-10-9-17(11-15(3)24)12-18(19)20(21,22)23/h4-10,12,14-15H,11,13,24H2,1-3H3. The van der Waals surface area contributed by atoms with Gasteiger partial charge in [-0.15, -0.1) is 0 Å². The van der Waals surface area contributed by atoms with Gasteiger partial charge in [-0.05, 0) is 50.5 Å². The molecule has 0 amide bonds. The average Bonchev–Trinajstić information content (AvgIpc) is 2.52. The van der Waals surface area contributed by atoms with Gasteiger partial charge in [0.15, 0.2) is 0 Å². The van der Waals surface area contributed by atoms with Crippen LogP contribution in [0.4, 0.5) is 18.9 Å². The molecule has 5 heteroatoms. The lowest BCUT2D eigenvalue weighted by atomic mass is 10.0. The zero-order valence-corrected chi connectivity index (χ0v) is 14.8. The van der Waals surface area contributed by atoms with Gasteiger partial charge in [0.05, 0.1) is 5.56 Å². The summed E-state index contributed by atoms with van der Waals surface area (Å²) in [5.74, 6) is 0. The maximum atomic E-state index is 13.7. The molecule has 1 unspecified atom stereocenters. The largest absolute Gasteiger partial charge is 0.418 e. The second-order valence-corrected chi connectivity index (χ2v) is 6.74. The van der Waals surface area contributed by atoms with Crippen molar-refractivity contribution in [2.75, 3.05) is 4.90 Å². The topological polar surface area (TPSA) is 29.3 Å². The lowest BCUT2D eigenvalue weighted by molar-refractivity contribution is -0.137. The van der Waals surface area contributed by atoms with Crippen molar-refractivity contribution >= 4 is 5.69 Å². The third kappa shape index (κ3) is 5.23. The number of hydrogen-bond donors (Lipinski definition) is 1. The number of halogens is 3. The smallest absolute Gasteiger partial charge is 0.364 e. The van der Waals surface area contributed by atoms with E-state index in [-0.39, 0.29) is 17.8 Å². The van der Waals surface area contributed by atoms with Crippen LogP contribution in [0, 0.1) is 0 Å². The number of nitrogens with two attached hydrogens (primary N) is 1. The maximum Gasteiger partial charge on any atom is 0.418 e. The second-order valence-electron chi connectivity index (χ2n) is 6.74. The van der Waals surface area contributed by atoms with Crippen molar-refractivity contribution in [3.8, 4) is 0 Å². The predicted molar refractivity (Wildman–Crippen MR) is 96.6 cm³/mol. The fraction of sp³-hybridized carbons (Fsp3) is 0.400. The van der Waals surface area contributed by atoms with E-state index in [1.807, 2.05) is 44.2 Å². The molecule has 2 aromatic rings. The van der Waals surface area contributed by atoms with Crippen LogP contribution in [0.2, 0.25) is 0 Å². The van der Waals surface area contributed by atoms with Gasteiger partial charge < -0.3 is 10.6 Å². The summed E-state index contributed by atoms with van der Waals surface area (Å²) in [4.78, 5) is 1.79. The predicted octanol–water partition coefficient (Wildman–Crippen LogP) is 5.01. The first-order valence-corrected chi connectivity index (χ1v) is 8.44. The van der Waals surface area contributed by atoms with Crippen LogP contribution in [-0.2, 0) is 19.1 Å². The normalized spacial score (nSPS) is 13.1. The highest BCUT2D eigenvalue weighted by atomic mass is 19.4. The van der Waals surface area contributed by atoms with Gasteiger partial charge in [0.1, 0.15) is 0 Å². The first-order chi connectivity index (χ1) is 11.7. The van der Waals surface area contributed by atoms with Crippen LogP contribution in [0.1, 0.15) is 37.5 Å². The van der Waals surface area contributed by atoms with Crippen LogP contribution < -0.4 is 10.6 Å². The molecule has 1 atom stereocenters. The van der Waals surface area contributed by atoms with Crippen LogP contribution in [0.15, 0.2) is 48.5 Å². The molecule has 0 aromatic heterocycles. The van der Waals surface area contributed by atoms with Crippen LogP contribution in [0.5, 0.6) is 0 Å². The Morgan fingerprint density at radius 1 is 0.960 bits per heavy atom. The molecular formula is C20H25F3N2. The van der Waals surface area contributed by atoms with E-state index >= 15 is 0 Å². The monoisotopic (exact) mass is 350 g/mol. The highest BCUT2D eigenvalue weighted by molar-refractivity contribution is 5.57. The Balaban J connectivity index is 2.45. The van der Waals surface area contributed by atoms with E-state index in [0.717, 1.165) is 5.56 Å². The fourth-order valence-electron chi connectivity index (χ4n) is 2.89. The molecule has 0 fully saturated rings. The summed E-state index contributed by atoms with van der Waals surface area (Å²) in [6, 6.07) is 13.8. The summed E-state index contributed by atoms with van der Waals surface area (Å²) in [5, 5.41) is 0. The van der Waals surface area contributed by atoms with E-state index in [2.05, 4.69) is 0 Å². The van der Waals surface area contributed by atoms with Crippen LogP contribution in [-0.4, -0.2) is 12.1 Å². The minimum absolute atomic E-state index is 0.0689. The summed E-state index contributed by atoms with van der Waals surface area (Å²) < 4.78 is 41.0. The molecule has 2 aromatic carbocycles. The highest BCUT2D eigenvalue weighted by Gasteiger charge is 2.35. The van der Waals surface area contributed by atoms with Gasteiger partial charge in [0, 0.05) is 24.3 Å². The van der Waals surface area contributed by atoms with Crippen LogP contribution >= 0.6 is 0 Å². The first-order valence-electron chi connectivity index (χ1n) is 8.44. The van der Waals surface area contributed by atoms with Crippen molar-refractivity contribution in [2.45, 2.75) is 52.0 Å². The van der Waals surface area contributed by atoms with Gasteiger partial charge in [0.25, 0.3) is 0 Å². The van der Waals surface area contributed by atoms with E-state index < -0.39 is 11.7 Å². The maximum absolute atomic E-state index is 13.7. The van der Waals surface area contributed by atoms with E-state index in [1.165, 1.54) is 6.07 Å². The zero-order valence-electron chi connectivity index (χ0n) is 14.8. The van der Waals surface area contributed by atoms with Gasteiger partial charge >= 0.3 is 6.18 Å². The third-order valence-electron chi connectivity index (χ3n) is 4.05. The van der Waals surface area contributed by atoms with Crippen molar-refractivity contribution in [3.05, 3.63) is 65.2 Å². The van der Waals surface area contributed by atoms with Gasteiger partial charge in [-0.3, -0.25) is 0 Å². The minimum Gasteiger partial charge on any atom is -0.364 e.